The van der Waals surface area contributed by atoms with E-state index in [0.717, 1.165) is 5.56 Å². The Morgan fingerprint density at radius 2 is 1.88 bits per heavy atom. The fourth-order valence-corrected chi connectivity index (χ4v) is 4.13. The molecule has 7 nitrogen and oxygen atoms in total. The summed E-state index contributed by atoms with van der Waals surface area (Å²) in [5, 5.41) is 10.6. The first kappa shape index (κ1) is 19.8. The minimum Gasteiger partial charge on any atom is -0.504 e. The molecule has 1 amide bonds. The second-order valence-corrected chi connectivity index (χ2v) is 7.52. The van der Waals surface area contributed by atoms with Crippen molar-refractivity contribution in [1.82, 2.24) is 9.88 Å². The van der Waals surface area contributed by atoms with Crippen molar-refractivity contribution in [1.29, 1.82) is 0 Å². The third-order valence-corrected chi connectivity index (χ3v) is 5.57. The van der Waals surface area contributed by atoms with Gasteiger partial charge in [-0.25, -0.2) is 0 Å². The first-order valence-electron chi connectivity index (χ1n) is 10.3. The van der Waals surface area contributed by atoms with Crippen molar-refractivity contribution in [3.63, 3.8) is 0 Å². The standard InChI is InChI=1S/C25H20N2O5/c1-2-31-20-13-16(7-8-18(20)28)22-21-23(29)17-5-3-4-6-19(17)32-24(21)25(30)27(22)14-15-9-11-26-12-10-15/h3-13,22,28H,2,14H2,1H3/t22-/m1/s1. The Morgan fingerprint density at radius 3 is 2.66 bits per heavy atom. The fraction of sp³-hybridized carbons (Fsp3) is 0.160. The molecule has 0 spiro atoms. The van der Waals surface area contributed by atoms with Crippen molar-refractivity contribution in [2.45, 2.75) is 19.5 Å². The molecule has 2 aromatic carbocycles. The van der Waals surface area contributed by atoms with Gasteiger partial charge in [0.2, 0.25) is 5.76 Å². The lowest BCUT2D eigenvalue weighted by molar-refractivity contribution is 0.0714. The largest absolute Gasteiger partial charge is 0.504 e. The van der Waals surface area contributed by atoms with Gasteiger partial charge in [-0.05, 0) is 54.4 Å². The summed E-state index contributed by atoms with van der Waals surface area (Å²) in [6, 6.07) is 14.7. The van der Waals surface area contributed by atoms with Crippen molar-refractivity contribution in [3.05, 3.63) is 99.7 Å². The SMILES string of the molecule is CCOc1cc([C@@H]2c3c(oc4ccccc4c3=O)C(=O)N2Cc2ccncc2)ccc1O. The van der Waals surface area contributed by atoms with Crippen LogP contribution in [0, 0.1) is 0 Å². The molecule has 0 unspecified atom stereocenters. The van der Waals surface area contributed by atoms with E-state index in [9.17, 15) is 14.7 Å². The number of hydrogen-bond donors (Lipinski definition) is 1. The zero-order valence-corrected chi connectivity index (χ0v) is 17.3. The number of carbonyl (C=O) groups is 1. The molecule has 160 valence electrons. The number of para-hydroxylation sites is 1. The van der Waals surface area contributed by atoms with Gasteiger partial charge in [-0.1, -0.05) is 18.2 Å². The Labute approximate surface area is 183 Å². The Hall–Kier alpha value is -4.13. The molecular formula is C25H20N2O5. The predicted octanol–water partition coefficient (Wildman–Crippen LogP) is 4.04. The van der Waals surface area contributed by atoms with Gasteiger partial charge >= 0.3 is 0 Å². The lowest BCUT2D eigenvalue weighted by Gasteiger charge is -2.25. The topological polar surface area (TPSA) is 92.9 Å². The highest BCUT2D eigenvalue weighted by molar-refractivity contribution is 5.99. The van der Waals surface area contributed by atoms with Gasteiger partial charge in [0.1, 0.15) is 5.58 Å². The van der Waals surface area contributed by atoms with Crippen LogP contribution in [0.1, 0.15) is 40.2 Å². The maximum Gasteiger partial charge on any atom is 0.291 e. The van der Waals surface area contributed by atoms with E-state index in [1.54, 1.807) is 53.7 Å². The number of ether oxygens (including phenoxy) is 1. The lowest BCUT2D eigenvalue weighted by Crippen LogP contribution is -2.29. The van der Waals surface area contributed by atoms with Crippen LogP contribution < -0.4 is 10.2 Å². The maximum atomic E-state index is 13.5. The monoisotopic (exact) mass is 428 g/mol. The van der Waals surface area contributed by atoms with Gasteiger partial charge in [-0.2, -0.15) is 0 Å². The molecule has 0 saturated heterocycles. The number of fused-ring (bicyclic) bond motifs is 2. The zero-order chi connectivity index (χ0) is 22.2. The van der Waals surface area contributed by atoms with E-state index < -0.39 is 6.04 Å². The first-order valence-corrected chi connectivity index (χ1v) is 10.3. The summed E-state index contributed by atoms with van der Waals surface area (Å²) in [5.41, 5.74) is 1.93. The fourth-order valence-electron chi connectivity index (χ4n) is 4.13. The van der Waals surface area contributed by atoms with Crippen LogP contribution in [0.15, 0.2) is 76.2 Å². The summed E-state index contributed by atoms with van der Waals surface area (Å²) in [7, 11) is 0. The number of nitrogens with zero attached hydrogens (tertiary/aromatic N) is 2. The molecule has 7 heteroatoms. The van der Waals surface area contributed by atoms with Crippen LogP contribution >= 0.6 is 0 Å². The van der Waals surface area contributed by atoms with Crippen molar-refractivity contribution < 1.29 is 19.1 Å². The highest BCUT2D eigenvalue weighted by Gasteiger charge is 2.43. The zero-order valence-electron chi connectivity index (χ0n) is 17.3. The van der Waals surface area contributed by atoms with E-state index in [4.69, 9.17) is 9.15 Å². The predicted molar refractivity (Wildman–Crippen MR) is 118 cm³/mol. The number of carbonyl (C=O) groups excluding carboxylic acids is 1. The van der Waals surface area contributed by atoms with Crippen molar-refractivity contribution in [2.75, 3.05) is 6.61 Å². The third-order valence-electron chi connectivity index (χ3n) is 5.57. The molecule has 2 aromatic heterocycles. The Kier molecular flexibility index (Phi) is 4.86. The molecule has 3 heterocycles. The van der Waals surface area contributed by atoms with Gasteiger partial charge in [-0.3, -0.25) is 14.6 Å². The van der Waals surface area contributed by atoms with E-state index in [-0.39, 0.29) is 35.0 Å². The van der Waals surface area contributed by atoms with Gasteiger partial charge in [0, 0.05) is 18.9 Å². The number of benzene rings is 2. The number of phenolic OH excluding ortho intramolecular Hbond substituents is 1. The lowest BCUT2D eigenvalue weighted by atomic mass is 9.98. The van der Waals surface area contributed by atoms with E-state index in [2.05, 4.69) is 4.98 Å². The second kappa shape index (κ2) is 7.85. The molecule has 0 radical (unpaired) electrons. The van der Waals surface area contributed by atoms with E-state index in [0.29, 0.717) is 28.9 Å². The Bertz CT molecular complexity index is 1380. The molecule has 1 N–H and O–H groups in total. The summed E-state index contributed by atoms with van der Waals surface area (Å²) < 4.78 is 11.5. The Morgan fingerprint density at radius 1 is 1.09 bits per heavy atom. The summed E-state index contributed by atoms with van der Waals surface area (Å²) in [5.74, 6) is -0.0409. The van der Waals surface area contributed by atoms with Gasteiger partial charge < -0.3 is 19.2 Å². The van der Waals surface area contributed by atoms with E-state index in [1.165, 1.54) is 6.07 Å². The summed E-state index contributed by atoms with van der Waals surface area (Å²) in [6.45, 7) is 2.44. The van der Waals surface area contributed by atoms with E-state index >= 15 is 0 Å². The quantitative estimate of drug-likeness (QED) is 0.516. The molecular weight excluding hydrogens is 408 g/mol. The minimum atomic E-state index is -0.689. The molecule has 0 saturated carbocycles. The van der Waals surface area contributed by atoms with Crippen molar-refractivity contribution in [2.24, 2.45) is 0 Å². The number of pyridine rings is 1. The molecule has 0 fully saturated rings. The highest BCUT2D eigenvalue weighted by atomic mass is 16.5. The molecule has 0 aliphatic carbocycles. The number of amides is 1. The van der Waals surface area contributed by atoms with Crippen LogP contribution in [0.5, 0.6) is 11.5 Å². The highest BCUT2D eigenvalue weighted by Crippen LogP contribution is 2.41. The summed E-state index contributed by atoms with van der Waals surface area (Å²) >= 11 is 0. The molecule has 1 aliphatic heterocycles. The second-order valence-electron chi connectivity index (χ2n) is 7.52. The van der Waals surface area contributed by atoms with Crippen LogP contribution in [-0.4, -0.2) is 27.5 Å². The van der Waals surface area contributed by atoms with E-state index in [1.807, 2.05) is 19.1 Å². The molecule has 32 heavy (non-hydrogen) atoms. The van der Waals surface area contributed by atoms with Gasteiger partial charge in [-0.15, -0.1) is 0 Å². The normalized spacial score (nSPS) is 15.2. The molecule has 1 atom stereocenters. The van der Waals surface area contributed by atoms with Crippen LogP contribution in [0.4, 0.5) is 0 Å². The van der Waals surface area contributed by atoms with Crippen LogP contribution in [0.2, 0.25) is 0 Å². The number of rotatable bonds is 5. The molecule has 4 aromatic rings. The number of hydrogen-bond acceptors (Lipinski definition) is 6. The third kappa shape index (κ3) is 3.19. The summed E-state index contributed by atoms with van der Waals surface area (Å²) in [6.07, 6.45) is 3.31. The van der Waals surface area contributed by atoms with Crippen molar-refractivity contribution in [3.8, 4) is 11.5 Å². The average molecular weight is 428 g/mol. The molecule has 1 aliphatic rings. The van der Waals surface area contributed by atoms with Gasteiger partial charge in [0.15, 0.2) is 16.9 Å². The average Bonchev–Trinajstić information content (AvgIpc) is 3.08. The maximum absolute atomic E-state index is 13.5. The van der Waals surface area contributed by atoms with Crippen molar-refractivity contribution >= 4 is 16.9 Å². The number of aromatic hydroxyl groups is 1. The minimum absolute atomic E-state index is 0.00798. The molecule has 0 bridgehead atoms. The summed E-state index contributed by atoms with van der Waals surface area (Å²) in [4.78, 5) is 32.6. The Balaban J connectivity index is 1.72. The smallest absolute Gasteiger partial charge is 0.291 e. The van der Waals surface area contributed by atoms with Crippen LogP contribution in [-0.2, 0) is 6.54 Å². The number of phenols is 1. The number of aromatic nitrogens is 1. The van der Waals surface area contributed by atoms with Crippen LogP contribution in [0.3, 0.4) is 0 Å². The van der Waals surface area contributed by atoms with Gasteiger partial charge in [0.25, 0.3) is 5.91 Å². The van der Waals surface area contributed by atoms with Crippen LogP contribution in [0.25, 0.3) is 11.0 Å². The molecule has 5 rings (SSSR count). The first-order chi connectivity index (χ1) is 15.6. The van der Waals surface area contributed by atoms with Gasteiger partial charge in [0.05, 0.1) is 23.6 Å².